The molecule has 10 heteroatoms. The Morgan fingerprint density at radius 3 is 2.62 bits per heavy atom. The number of carbonyl (C=O) groups excluding carboxylic acids is 1. The van der Waals surface area contributed by atoms with E-state index >= 15 is 0 Å². The van der Waals surface area contributed by atoms with Crippen LogP contribution < -0.4 is 14.8 Å². The van der Waals surface area contributed by atoms with E-state index in [1.54, 1.807) is 14.2 Å². The number of fused-ring (bicyclic) bond motifs is 3. The summed E-state index contributed by atoms with van der Waals surface area (Å²) in [4.78, 5) is 17.7. The minimum atomic E-state index is -0.405. The number of halogens is 1. The quantitative estimate of drug-likeness (QED) is 0.209. The number of rotatable bonds is 10. The maximum absolute atomic E-state index is 12.9. The Bertz CT molecular complexity index is 1690. The summed E-state index contributed by atoms with van der Waals surface area (Å²) in [5.74, 6) is 1.25. The molecule has 2 aromatic heterocycles. The van der Waals surface area contributed by atoms with Gasteiger partial charge in [0, 0.05) is 23.5 Å². The van der Waals surface area contributed by atoms with Gasteiger partial charge in [-0.15, -0.1) is 10.2 Å². The zero-order valence-corrected chi connectivity index (χ0v) is 24.3. The molecule has 5 aromatic rings. The third-order valence-corrected chi connectivity index (χ3v) is 7.83. The lowest BCUT2D eigenvalue weighted by atomic mass is 10.1. The topological polar surface area (TPSA) is 91.2 Å². The van der Waals surface area contributed by atoms with E-state index < -0.39 is 5.25 Å². The summed E-state index contributed by atoms with van der Waals surface area (Å²) in [6.07, 6.45) is 0.663. The summed E-state index contributed by atoms with van der Waals surface area (Å²) in [5, 5.41) is 13.6. The van der Waals surface area contributed by atoms with Crippen molar-refractivity contribution in [3.05, 3.63) is 82.4 Å². The van der Waals surface area contributed by atoms with E-state index in [1.165, 1.54) is 11.8 Å². The summed E-state index contributed by atoms with van der Waals surface area (Å²) >= 11 is 7.54. The number of thioether (sulfide) groups is 1. The predicted octanol–water partition coefficient (Wildman–Crippen LogP) is 5.85. The lowest BCUT2D eigenvalue weighted by Gasteiger charge is -2.12. The maximum Gasteiger partial charge on any atom is 0.233 e. The van der Waals surface area contributed by atoms with E-state index in [-0.39, 0.29) is 5.91 Å². The van der Waals surface area contributed by atoms with Crippen molar-refractivity contribution in [2.45, 2.75) is 37.2 Å². The molecule has 0 saturated heterocycles. The second-order valence-electron chi connectivity index (χ2n) is 9.49. The number of aromatic nitrogens is 4. The molecule has 0 fully saturated rings. The fourth-order valence-corrected chi connectivity index (χ4v) is 5.55. The molecule has 206 valence electrons. The van der Waals surface area contributed by atoms with Gasteiger partial charge in [-0.3, -0.25) is 4.79 Å². The molecule has 0 aliphatic heterocycles. The van der Waals surface area contributed by atoms with Gasteiger partial charge in [0.2, 0.25) is 11.1 Å². The monoisotopic (exact) mass is 575 g/mol. The van der Waals surface area contributed by atoms with Crippen molar-refractivity contribution < 1.29 is 14.3 Å². The zero-order chi connectivity index (χ0) is 28.2. The number of carbonyl (C=O) groups is 1. The maximum atomic E-state index is 12.9. The number of nitrogens with one attached hydrogen (secondary N) is 1. The highest BCUT2D eigenvalue weighted by Gasteiger charge is 2.20. The van der Waals surface area contributed by atoms with Crippen LogP contribution >= 0.6 is 23.4 Å². The van der Waals surface area contributed by atoms with Crippen molar-refractivity contribution in [3.8, 4) is 11.5 Å². The standard InChI is InChI=1S/C30H30ClN5O3S/c1-18-8-10-24-23(14-18)27-28(36(24)17-21-6-5-7-22(31)15-21)33-30(35-34-27)40-19(2)29(37)32-13-12-20-9-11-25(38-3)26(16-20)39-4/h5-11,14-16,19H,12-13,17H2,1-4H3,(H,32,37). The molecule has 2 heterocycles. The van der Waals surface area contributed by atoms with Gasteiger partial charge in [-0.1, -0.05) is 53.2 Å². The Labute approximate surface area is 242 Å². The molecule has 0 spiro atoms. The van der Waals surface area contributed by atoms with Crippen molar-refractivity contribution in [1.29, 1.82) is 0 Å². The highest BCUT2D eigenvalue weighted by molar-refractivity contribution is 8.00. The van der Waals surface area contributed by atoms with Crippen LogP contribution in [0.25, 0.3) is 22.1 Å². The minimum absolute atomic E-state index is 0.0933. The molecule has 1 N–H and O–H groups in total. The number of aryl methyl sites for hydroxylation is 1. The molecule has 0 aliphatic rings. The average molecular weight is 576 g/mol. The first-order valence-corrected chi connectivity index (χ1v) is 14.1. The van der Waals surface area contributed by atoms with Crippen LogP contribution in [0.5, 0.6) is 11.5 Å². The van der Waals surface area contributed by atoms with Crippen molar-refractivity contribution >= 4 is 51.3 Å². The number of benzene rings is 3. The number of ether oxygens (including phenoxy) is 2. The first-order chi connectivity index (χ1) is 19.4. The summed E-state index contributed by atoms with van der Waals surface area (Å²) in [5.41, 5.74) is 5.70. The third-order valence-electron chi connectivity index (χ3n) is 6.64. The smallest absolute Gasteiger partial charge is 0.233 e. The second kappa shape index (κ2) is 12.1. The normalized spacial score (nSPS) is 12.0. The molecule has 8 nitrogen and oxygen atoms in total. The van der Waals surface area contributed by atoms with E-state index in [0.717, 1.165) is 38.8 Å². The van der Waals surface area contributed by atoms with Crippen LogP contribution in [0.3, 0.4) is 0 Å². The SMILES string of the molecule is COc1ccc(CCNC(=O)C(C)Sc2nnc3c4cc(C)ccc4n(Cc4cccc(Cl)c4)c3n2)cc1OC. The predicted molar refractivity (Wildman–Crippen MR) is 160 cm³/mol. The van der Waals surface area contributed by atoms with Crippen LogP contribution in [0.2, 0.25) is 5.02 Å². The third kappa shape index (κ3) is 6.00. The Hall–Kier alpha value is -3.82. The molecule has 40 heavy (non-hydrogen) atoms. The Kier molecular flexibility index (Phi) is 8.42. The number of hydrogen-bond donors (Lipinski definition) is 1. The van der Waals surface area contributed by atoms with E-state index in [4.69, 9.17) is 26.1 Å². The summed E-state index contributed by atoms with van der Waals surface area (Å²) in [6.45, 7) is 4.97. The van der Waals surface area contributed by atoms with E-state index in [2.05, 4.69) is 45.2 Å². The van der Waals surface area contributed by atoms with Crippen molar-refractivity contribution in [1.82, 2.24) is 25.1 Å². The lowest BCUT2D eigenvalue weighted by molar-refractivity contribution is -0.120. The Morgan fingerprint density at radius 1 is 1.02 bits per heavy atom. The molecule has 1 atom stereocenters. The van der Waals surface area contributed by atoms with Gasteiger partial charge in [0.05, 0.1) is 25.0 Å². The highest BCUT2D eigenvalue weighted by Crippen LogP contribution is 2.30. The van der Waals surface area contributed by atoms with Crippen LogP contribution in [0.15, 0.2) is 65.8 Å². The molecule has 3 aromatic carbocycles. The van der Waals surface area contributed by atoms with E-state index in [0.29, 0.717) is 41.2 Å². The van der Waals surface area contributed by atoms with Gasteiger partial charge in [0.1, 0.15) is 5.52 Å². The molecule has 0 aliphatic carbocycles. The number of methoxy groups -OCH3 is 2. The van der Waals surface area contributed by atoms with Gasteiger partial charge in [-0.25, -0.2) is 4.98 Å². The summed E-state index contributed by atoms with van der Waals surface area (Å²) < 4.78 is 12.8. The Balaban J connectivity index is 1.32. The summed E-state index contributed by atoms with van der Waals surface area (Å²) in [7, 11) is 3.21. The number of hydrogen-bond acceptors (Lipinski definition) is 7. The lowest BCUT2D eigenvalue weighted by Crippen LogP contribution is -2.32. The van der Waals surface area contributed by atoms with Crippen LogP contribution in [0, 0.1) is 6.92 Å². The zero-order valence-electron chi connectivity index (χ0n) is 22.8. The molecular weight excluding hydrogens is 546 g/mol. The van der Waals surface area contributed by atoms with Gasteiger partial charge < -0.3 is 19.4 Å². The molecule has 1 unspecified atom stereocenters. The van der Waals surface area contributed by atoms with Crippen LogP contribution in [0.1, 0.15) is 23.6 Å². The first kappa shape index (κ1) is 27.7. The second-order valence-corrected chi connectivity index (χ2v) is 11.2. The van der Waals surface area contributed by atoms with Gasteiger partial charge >= 0.3 is 0 Å². The van der Waals surface area contributed by atoms with Gasteiger partial charge in [-0.2, -0.15) is 0 Å². The molecule has 5 rings (SSSR count). The fraction of sp³-hybridized carbons (Fsp3) is 0.267. The molecular formula is C30H30ClN5O3S. The highest BCUT2D eigenvalue weighted by atomic mass is 35.5. The fourth-order valence-electron chi connectivity index (χ4n) is 4.60. The van der Waals surface area contributed by atoms with E-state index in [9.17, 15) is 4.79 Å². The summed E-state index contributed by atoms with van der Waals surface area (Å²) in [6, 6.07) is 19.8. The molecule has 1 amide bonds. The average Bonchev–Trinajstić information content (AvgIpc) is 3.24. The first-order valence-electron chi connectivity index (χ1n) is 12.9. The molecule has 0 saturated carbocycles. The van der Waals surface area contributed by atoms with Gasteiger partial charge in [-0.05, 0) is 67.8 Å². The van der Waals surface area contributed by atoms with Crippen LogP contribution in [-0.4, -0.2) is 51.7 Å². The molecule has 0 bridgehead atoms. The van der Waals surface area contributed by atoms with Gasteiger partial charge in [0.15, 0.2) is 17.1 Å². The number of amides is 1. The van der Waals surface area contributed by atoms with Crippen LogP contribution in [0.4, 0.5) is 0 Å². The molecule has 0 radical (unpaired) electrons. The van der Waals surface area contributed by atoms with Crippen molar-refractivity contribution in [2.75, 3.05) is 20.8 Å². The van der Waals surface area contributed by atoms with Crippen LogP contribution in [-0.2, 0) is 17.8 Å². The largest absolute Gasteiger partial charge is 0.493 e. The number of nitrogens with zero attached hydrogens (tertiary/aromatic N) is 4. The van der Waals surface area contributed by atoms with Crippen molar-refractivity contribution in [2.24, 2.45) is 0 Å². The van der Waals surface area contributed by atoms with Crippen molar-refractivity contribution in [3.63, 3.8) is 0 Å². The Morgan fingerprint density at radius 2 is 1.85 bits per heavy atom. The van der Waals surface area contributed by atoms with E-state index in [1.807, 2.05) is 49.4 Å². The van der Waals surface area contributed by atoms with Gasteiger partial charge in [0.25, 0.3) is 0 Å². The minimum Gasteiger partial charge on any atom is -0.493 e.